The molecular weight excluding hydrogens is 172 g/mol. The van der Waals surface area contributed by atoms with Crippen molar-refractivity contribution in [3.63, 3.8) is 0 Å². The Labute approximate surface area is 87.6 Å². The van der Waals surface area contributed by atoms with Crippen LogP contribution in [-0.2, 0) is 0 Å². The zero-order valence-electron chi connectivity index (χ0n) is 9.66. The molecule has 1 saturated heterocycles. The number of likely N-dealkylation sites (N-methyl/N-ethyl adjacent to an activating group) is 2. The van der Waals surface area contributed by atoms with E-state index >= 15 is 0 Å². The van der Waals surface area contributed by atoms with Crippen molar-refractivity contribution in [1.82, 2.24) is 9.80 Å². The molecule has 2 rings (SSSR count). The van der Waals surface area contributed by atoms with Crippen molar-refractivity contribution in [3.05, 3.63) is 11.8 Å². The summed E-state index contributed by atoms with van der Waals surface area (Å²) >= 11 is 0. The smallest absolute Gasteiger partial charge is 0.0493 e. The van der Waals surface area contributed by atoms with Crippen molar-refractivity contribution < 1.29 is 0 Å². The van der Waals surface area contributed by atoms with E-state index in [2.05, 4.69) is 36.9 Å². The van der Waals surface area contributed by atoms with Gasteiger partial charge in [-0.25, -0.2) is 0 Å². The van der Waals surface area contributed by atoms with E-state index in [4.69, 9.17) is 0 Å². The summed E-state index contributed by atoms with van der Waals surface area (Å²) in [6.07, 6.45) is 6.38. The van der Waals surface area contributed by atoms with Gasteiger partial charge in [-0.3, -0.25) is 4.90 Å². The zero-order chi connectivity index (χ0) is 10.1. The molecule has 2 heterocycles. The van der Waals surface area contributed by atoms with Gasteiger partial charge >= 0.3 is 0 Å². The van der Waals surface area contributed by atoms with Crippen molar-refractivity contribution >= 4 is 0 Å². The molecule has 0 N–H and O–H groups in total. The highest BCUT2D eigenvalue weighted by Gasteiger charge is 2.29. The minimum absolute atomic E-state index is 0.686. The molecule has 0 radical (unpaired) electrons. The van der Waals surface area contributed by atoms with Crippen molar-refractivity contribution in [2.75, 3.05) is 27.2 Å². The van der Waals surface area contributed by atoms with Crippen LogP contribution in [0.15, 0.2) is 11.8 Å². The van der Waals surface area contributed by atoms with E-state index in [1.807, 2.05) is 0 Å². The van der Waals surface area contributed by atoms with Crippen LogP contribution in [0.1, 0.15) is 26.2 Å². The summed E-state index contributed by atoms with van der Waals surface area (Å²) in [5.74, 6) is 0.895. The van der Waals surface area contributed by atoms with Gasteiger partial charge < -0.3 is 4.90 Å². The Morgan fingerprint density at radius 1 is 1.29 bits per heavy atom. The molecule has 2 aliphatic heterocycles. The van der Waals surface area contributed by atoms with Crippen LogP contribution >= 0.6 is 0 Å². The molecule has 0 aromatic carbocycles. The number of rotatable bonds is 1. The Balaban J connectivity index is 2.07. The first-order chi connectivity index (χ1) is 6.68. The fourth-order valence-corrected chi connectivity index (χ4v) is 2.69. The van der Waals surface area contributed by atoms with Gasteiger partial charge in [0.25, 0.3) is 0 Å². The van der Waals surface area contributed by atoms with E-state index in [-0.39, 0.29) is 0 Å². The fourth-order valence-electron chi connectivity index (χ4n) is 2.69. The summed E-state index contributed by atoms with van der Waals surface area (Å²) < 4.78 is 0. The van der Waals surface area contributed by atoms with Crippen LogP contribution in [0.2, 0.25) is 0 Å². The molecule has 0 spiro atoms. The van der Waals surface area contributed by atoms with Crippen LogP contribution in [0.3, 0.4) is 0 Å². The van der Waals surface area contributed by atoms with Crippen LogP contribution in [0.4, 0.5) is 0 Å². The van der Waals surface area contributed by atoms with Gasteiger partial charge in [-0.1, -0.05) is 13.0 Å². The van der Waals surface area contributed by atoms with Crippen LogP contribution < -0.4 is 0 Å². The number of hydrogen-bond donors (Lipinski definition) is 0. The third-order valence-corrected chi connectivity index (χ3v) is 3.73. The van der Waals surface area contributed by atoms with E-state index in [0.717, 1.165) is 5.92 Å². The largest absolute Gasteiger partial charge is 0.377 e. The van der Waals surface area contributed by atoms with E-state index in [9.17, 15) is 0 Å². The lowest BCUT2D eigenvalue weighted by atomic mass is 9.91. The van der Waals surface area contributed by atoms with Crippen LogP contribution in [0.5, 0.6) is 0 Å². The molecule has 0 aliphatic carbocycles. The molecule has 2 aliphatic rings. The van der Waals surface area contributed by atoms with Gasteiger partial charge in [0.15, 0.2) is 0 Å². The summed E-state index contributed by atoms with van der Waals surface area (Å²) in [6.45, 7) is 4.86. The van der Waals surface area contributed by atoms with Gasteiger partial charge in [-0.15, -0.1) is 0 Å². The van der Waals surface area contributed by atoms with Gasteiger partial charge in [-0.05, 0) is 38.8 Å². The highest BCUT2D eigenvalue weighted by atomic mass is 15.2. The molecule has 0 bridgehead atoms. The molecule has 0 amide bonds. The second-order valence-corrected chi connectivity index (χ2v) is 4.97. The van der Waals surface area contributed by atoms with Crippen LogP contribution in [-0.4, -0.2) is 43.0 Å². The molecule has 2 heteroatoms. The highest BCUT2D eigenvalue weighted by Crippen LogP contribution is 2.29. The van der Waals surface area contributed by atoms with Crippen molar-refractivity contribution in [2.24, 2.45) is 5.92 Å². The molecule has 0 aromatic rings. The van der Waals surface area contributed by atoms with Crippen molar-refractivity contribution in [1.29, 1.82) is 0 Å². The minimum atomic E-state index is 0.686. The maximum absolute atomic E-state index is 2.52. The Morgan fingerprint density at radius 3 is 2.71 bits per heavy atom. The minimum Gasteiger partial charge on any atom is -0.377 e. The molecule has 2 nitrogen and oxygen atoms in total. The Bertz CT molecular complexity index is 234. The molecule has 2 atom stereocenters. The molecule has 0 saturated carbocycles. The van der Waals surface area contributed by atoms with Crippen molar-refractivity contribution in [3.8, 4) is 0 Å². The van der Waals surface area contributed by atoms with Gasteiger partial charge in [-0.2, -0.15) is 0 Å². The van der Waals surface area contributed by atoms with Crippen LogP contribution in [0.25, 0.3) is 0 Å². The van der Waals surface area contributed by atoms with E-state index < -0.39 is 0 Å². The second-order valence-electron chi connectivity index (χ2n) is 4.97. The highest BCUT2D eigenvalue weighted by molar-refractivity contribution is 5.15. The Kier molecular flexibility index (Phi) is 2.82. The molecule has 0 aromatic heterocycles. The standard InChI is InChI=1S/C12H22N2/c1-10-6-8-14(3)12(9-10)11-5-4-7-13(11)2/h5,10,12H,4,6-9H2,1-3H3. The van der Waals surface area contributed by atoms with E-state index in [0.29, 0.717) is 6.04 Å². The Hall–Kier alpha value is -0.500. The maximum atomic E-state index is 2.52. The summed E-state index contributed by atoms with van der Waals surface area (Å²) in [4.78, 5) is 4.95. The van der Waals surface area contributed by atoms with E-state index in [1.54, 1.807) is 5.70 Å². The number of hydrogen-bond acceptors (Lipinski definition) is 2. The summed E-state index contributed by atoms with van der Waals surface area (Å²) in [5, 5.41) is 0. The van der Waals surface area contributed by atoms with Gasteiger partial charge in [0, 0.05) is 25.3 Å². The topological polar surface area (TPSA) is 6.48 Å². The third kappa shape index (κ3) is 1.81. The van der Waals surface area contributed by atoms with Crippen molar-refractivity contribution in [2.45, 2.75) is 32.2 Å². The first-order valence-electron chi connectivity index (χ1n) is 5.80. The molecule has 1 fully saturated rings. The Morgan fingerprint density at radius 2 is 2.07 bits per heavy atom. The van der Waals surface area contributed by atoms with Crippen LogP contribution in [0, 0.1) is 5.92 Å². The predicted octanol–water partition coefficient (Wildman–Crippen LogP) is 1.94. The zero-order valence-corrected chi connectivity index (χ0v) is 9.66. The number of piperidine rings is 1. The summed E-state index contributed by atoms with van der Waals surface area (Å²) in [5.41, 5.74) is 1.57. The monoisotopic (exact) mass is 194 g/mol. The average Bonchev–Trinajstić information content (AvgIpc) is 2.56. The first-order valence-corrected chi connectivity index (χ1v) is 5.80. The SMILES string of the molecule is CC1CCN(C)C(C2=CCCN2C)C1. The molecular formula is C12H22N2. The lowest BCUT2D eigenvalue weighted by molar-refractivity contribution is 0.153. The predicted molar refractivity (Wildman–Crippen MR) is 60.1 cm³/mol. The number of likely N-dealkylation sites (tertiary alicyclic amines) is 1. The normalized spacial score (nSPS) is 34.8. The average molecular weight is 194 g/mol. The molecule has 2 unspecified atom stereocenters. The van der Waals surface area contributed by atoms with Gasteiger partial charge in [0.1, 0.15) is 0 Å². The lowest BCUT2D eigenvalue weighted by Crippen LogP contribution is -2.43. The second kappa shape index (κ2) is 3.93. The van der Waals surface area contributed by atoms with Gasteiger partial charge in [0.2, 0.25) is 0 Å². The number of nitrogens with zero attached hydrogens (tertiary/aromatic N) is 2. The molecule has 80 valence electrons. The van der Waals surface area contributed by atoms with E-state index in [1.165, 1.54) is 32.4 Å². The quantitative estimate of drug-likeness (QED) is 0.629. The molecule has 14 heavy (non-hydrogen) atoms. The summed E-state index contributed by atoms with van der Waals surface area (Å²) in [7, 11) is 4.50. The first kappa shape index (κ1) is 10.0. The third-order valence-electron chi connectivity index (χ3n) is 3.73. The fraction of sp³-hybridized carbons (Fsp3) is 0.833. The summed E-state index contributed by atoms with van der Waals surface area (Å²) in [6, 6.07) is 0.686. The lowest BCUT2D eigenvalue weighted by Gasteiger charge is -2.38. The van der Waals surface area contributed by atoms with Gasteiger partial charge in [0.05, 0.1) is 0 Å². The maximum Gasteiger partial charge on any atom is 0.0493 e.